The van der Waals surface area contributed by atoms with E-state index in [2.05, 4.69) is 36.6 Å². The Balaban J connectivity index is 4.21. The lowest BCUT2D eigenvalue weighted by Crippen LogP contribution is -2.46. The van der Waals surface area contributed by atoms with Crippen molar-refractivity contribution in [3.05, 3.63) is 20.2 Å². The second-order valence-electron chi connectivity index (χ2n) is 2.50. The Hall–Kier alpha value is -0.350. The highest BCUT2D eigenvalue weighted by molar-refractivity contribution is 9.12. The van der Waals surface area contributed by atoms with Crippen LogP contribution >= 0.6 is 31.9 Å². The lowest BCUT2D eigenvalue weighted by Gasteiger charge is -2.10. The molecule has 0 bridgehead atoms. The first-order chi connectivity index (χ1) is 6.84. The van der Waals surface area contributed by atoms with Crippen LogP contribution in [0.5, 0.6) is 0 Å². The van der Waals surface area contributed by atoms with Crippen LogP contribution in [0.4, 0.5) is 4.39 Å². The van der Waals surface area contributed by atoms with Crippen LogP contribution in [0.3, 0.4) is 0 Å². The molecule has 0 aliphatic carbocycles. The summed E-state index contributed by atoms with van der Waals surface area (Å²) < 4.78 is 17.6. The van der Waals surface area contributed by atoms with E-state index in [4.69, 9.17) is 0 Å². The summed E-state index contributed by atoms with van der Waals surface area (Å²) in [5.41, 5.74) is 0. The van der Waals surface area contributed by atoms with Crippen molar-refractivity contribution in [1.29, 1.82) is 0 Å². The van der Waals surface area contributed by atoms with E-state index in [9.17, 15) is 24.6 Å². The van der Waals surface area contributed by atoms with E-state index in [1.165, 1.54) is 0 Å². The van der Waals surface area contributed by atoms with Crippen LogP contribution in [-0.4, -0.2) is 39.1 Å². The first-order valence-corrected chi connectivity index (χ1v) is 5.64. The molecule has 0 amide bonds. The molecule has 10 heteroatoms. The van der Waals surface area contributed by atoms with Crippen LogP contribution in [-0.2, 0) is 4.74 Å². The highest BCUT2D eigenvalue weighted by Gasteiger charge is 2.58. The van der Waals surface area contributed by atoms with E-state index >= 15 is 0 Å². The molecule has 0 aliphatic heterocycles. The molecular formula is C5H7Br2FN2O5. The van der Waals surface area contributed by atoms with Gasteiger partial charge in [0.15, 0.2) is 0 Å². The molecule has 0 N–H and O–H groups in total. The zero-order chi connectivity index (χ0) is 12.1. The number of rotatable bonds is 7. The maximum atomic E-state index is 13.0. The number of hydrogen-bond donors (Lipinski definition) is 0. The van der Waals surface area contributed by atoms with Crippen molar-refractivity contribution in [2.45, 2.75) is 10.7 Å². The smallest absolute Gasteiger partial charge is 0.362 e. The van der Waals surface area contributed by atoms with Gasteiger partial charge in [0.25, 0.3) is 0 Å². The van der Waals surface area contributed by atoms with Gasteiger partial charge < -0.3 is 4.74 Å². The standard InChI is InChI=1S/C5H7Br2FN2O5/c6-1-4(7)2-15-3-5(8,9(11)12)10(13)14/h4H,1-3H2. The predicted molar refractivity (Wildman–Crippen MR) is 55.2 cm³/mol. The lowest BCUT2D eigenvalue weighted by molar-refractivity contribution is -0.833. The fourth-order valence-electron chi connectivity index (χ4n) is 0.533. The summed E-state index contributed by atoms with van der Waals surface area (Å²) in [6.07, 6.45) is 0. The van der Waals surface area contributed by atoms with Crippen molar-refractivity contribution in [3.63, 3.8) is 0 Å². The van der Waals surface area contributed by atoms with Crippen LogP contribution in [0.2, 0.25) is 0 Å². The van der Waals surface area contributed by atoms with Crippen LogP contribution in [0.1, 0.15) is 0 Å². The van der Waals surface area contributed by atoms with Gasteiger partial charge in [-0.3, -0.25) is 20.2 Å². The summed E-state index contributed by atoms with van der Waals surface area (Å²) in [5, 5.41) is 20.7. The second-order valence-corrected chi connectivity index (χ2v) is 4.44. The summed E-state index contributed by atoms with van der Waals surface area (Å²) in [7, 11) is 0. The van der Waals surface area contributed by atoms with Gasteiger partial charge in [-0.05, 0) is 0 Å². The Morgan fingerprint density at radius 2 is 1.87 bits per heavy atom. The number of ether oxygens (including phenoxy) is 1. The molecule has 0 aromatic heterocycles. The number of halogens is 3. The van der Waals surface area contributed by atoms with E-state index in [0.29, 0.717) is 5.33 Å². The van der Waals surface area contributed by atoms with E-state index in [0.717, 1.165) is 0 Å². The first kappa shape index (κ1) is 14.6. The molecular weight excluding hydrogens is 347 g/mol. The van der Waals surface area contributed by atoms with Gasteiger partial charge in [0.1, 0.15) is 9.85 Å². The SMILES string of the molecule is O=[N+]([O-])C(F)(COCC(Br)CBr)[N+](=O)[O-]. The van der Waals surface area contributed by atoms with Crippen molar-refractivity contribution in [2.75, 3.05) is 18.5 Å². The van der Waals surface area contributed by atoms with E-state index in [1.807, 2.05) is 0 Å². The second kappa shape index (κ2) is 6.28. The summed E-state index contributed by atoms with van der Waals surface area (Å²) in [6, 6.07) is 0. The largest absolute Gasteiger partial charge is 0.637 e. The number of hydrogen-bond acceptors (Lipinski definition) is 5. The van der Waals surface area contributed by atoms with Crippen LogP contribution < -0.4 is 0 Å². The van der Waals surface area contributed by atoms with Gasteiger partial charge in [0.05, 0.1) is 6.61 Å². The minimum Gasteiger partial charge on any atom is -0.362 e. The van der Waals surface area contributed by atoms with Gasteiger partial charge in [0.2, 0.25) is 6.61 Å². The molecule has 0 heterocycles. The third-order valence-electron chi connectivity index (χ3n) is 1.31. The molecule has 0 saturated heterocycles. The molecule has 0 rings (SSSR count). The Kier molecular flexibility index (Phi) is 6.13. The number of nitrogens with zero attached hydrogens (tertiary/aromatic N) is 2. The molecule has 0 aromatic rings. The van der Waals surface area contributed by atoms with Gasteiger partial charge in [-0.2, -0.15) is 0 Å². The lowest BCUT2D eigenvalue weighted by atomic mass is 10.5. The van der Waals surface area contributed by atoms with Gasteiger partial charge >= 0.3 is 5.92 Å². The highest BCUT2D eigenvalue weighted by atomic mass is 79.9. The summed E-state index contributed by atoms with van der Waals surface area (Å²) in [4.78, 5) is 16.8. The van der Waals surface area contributed by atoms with Gasteiger partial charge in [-0.15, -0.1) is 0 Å². The Labute approximate surface area is 101 Å². The Morgan fingerprint density at radius 3 is 2.20 bits per heavy atom. The molecule has 15 heavy (non-hydrogen) atoms. The monoisotopic (exact) mass is 352 g/mol. The first-order valence-electron chi connectivity index (χ1n) is 3.60. The molecule has 7 nitrogen and oxygen atoms in total. The zero-order valence-electron chi connectivity index (χ0n) is 7.27. The topological polar surface area (TPSA) is 95.5 Å². The van der Waals surface area contributed by atoms with Crippen LogP contribution in [0, 0.1) is 20.2 Å². The normalized spacial score (nSPS) is 13.5. The maximum absolute atomic E-state index is 13.0. The molecule has 0 saturated carbocycles. The molecule has 0 aliphatic rings. The minimum atomic E-state index is -3.78. The summed E-state index contributed by atoms with van der Waals surface area (Å²) >= 11 is 6.15. The third-order valence-corrected chi connectivity index (χ3v) is 3.55. The molecule has 1 atom stereocenters. The molecule has 1 unspecified atom stereocenters. The van der Waals surface area contributed by atoms with E-state index in [1.54, 1.807) is 0 Å². The Morgan fingerprint density at radius 1 is 1.40 bits per heavy atom. The van der Waals surface area contributed by atoms with Gasteiger partial charge in [-0.1, -0.05) is 36.3 Å². The molecule has 88 valence electrons. The number of alkyl halides is 3. The quantitative estimate of drug-likeness (QED) is 0.226. The van der Waals surface area contributed by atoms with E-state index < -0.39 is 22.4 Å². The molecule has 0 radical (unpaired) electrons. The Bertz CT molecular complexity index is 240. The highest BCUT2D eigenvalue weighted by Crippen LogP contribution is 2.14. The van der Waals surface area contributed by atoms with E-state index in [-0.39, 0.29) is 11.4 Å². The fraction of sp³-hybridized carbons (Fsp3) is 1.00. The zero-order valence-corrected chi connectivity index (χ0v) is 10.4. The summed E-state index contributed by atoms with van der Waals surface area (Å²) in [6.45, 7) is -1.29. The van der Waals surface area contributed by atoms with Crippen molar-refractivity contribution in [3.8, 4) is 0 Å². The van der Waals surface area contributed by atoms with Gasteiger partial charge in [-0.25, -0.2) is 0 Å². The average molecular weight is 354 g/mol. The average Bonchev–Trinajstić information content (AvgIpc) is 2.16. The van der Waals surface area contributed by atoms with Crippen molar-refractivity contribution in [2.24, 2.45) is 0 Å². The maximum Gasteiger partial charge on any atom is 0.637 e. The molecule has 0 fully saturated rings. The predicted octanol–water partition coefficient (Wildman–Crippen LogP) is 1.34. The minimum absolute atomic E-state index is 0.0708. The van der Waals surface area contributed by atoms with Gasteiger partial charge in [0, 0.05) is 10.2 Å². The van der Waals surface area contributed by atoms with Crippen LogP contribution in [0.25, 0.3) is 0 Å². The summed E-state index contributed by atoms with van der Waals surface area (Å²) in [5.74, 6) is -3.78. The van der Waals surface area contributed by atoms with Crippen LogP contribution in [0.15, 0.2) is 0 Å². The fourth-order valence-corrected chi connectivity index (χ4v) is 0.907. The third kappa shape index (κ3) is 4.34. The molecule has 0 aromatic carbocycles. The number of nitro groups is 2. The van der Waals surface area contributed by atoms with Crippen molar-refractivity contribution in [1.82, 2.24) is 0 Å². The van der Waals surface area contributed by atoms with Crippen molar-refractivity contribution < 1.29 is 19.0 Å². The molecule has 0 spiro atoms. The van der Waals surface area contributed by atoms with Crippen molar-refractivity contribution >= 4 is 31.9 Å².